The van der Waals surface area contributed by atoms with E-state index in [-0.39, 0.29) is 0 Å². The van der Waals surface area contributed by atoms with E-state index in [1.54, 1.807) is 12.2 Å². The van der Waals surface area contributed by atoms with Crippen molar-refractivity contribution in [3.05, 3.63) is 36.5 Å². The zero-order chi connectivity index (χ0) is 11.5. The summed E-state index contributed by atoms with van der Waals surface area (Å²) < 4.78 is 5.35. The zero-order valence-electron chi connectivity index (χ0n) is 9.39. The van der Waals surface area contributed by atoms with Gasteiger partial charge in [0.25, 0.3) is 0 Å². The second kappa shape index (κ2) is 9.21. The van der Waals surface area contributed by atoms with Crippen LogP contribution < -0.4 is 0 Å². The molecule has 0 aromatic carbocycles. The van der Waals surface area contributed by atoms with Crippen LogP contribution in [0.2, 0.25) is 0 Å². The Labute approximate surface area is 91.4 Å². The summed E-state index contributed by atoms with van der Waals surface area (Å²) in [5.74, 6) is 0.542. The van der Waals surface area contributed by atoms with E-state index in [9.17, 15) is 0 Å². The monoisotopic (exact) mass is 209 g/mol. The van der Waals surface area contributed by atoms with Crippen LogP contribution >= 0.6 is 0 Å². The average Bonchev–Trinajstić information content (AvgIpc) is 2.17. The molecular weight excluding hydrogens is 190 g/mol. The van der Waals surface area contributed by atoms with Gasteiger partial charge in [0, 0.05) is 6.61 Å². The van der Waals surface area contributed by atoms with Gasteiger partial charge in [-0.15, -0.1) is 0 Å². The smallest absolute Gasteiger partial charge is 0.0733 e. The van der Waals surface area contributed by atoms with Crippen molar-refractivity contribution < 1.29 is 9.94 Å². The molecule has 0 unspecified atom stereocenters. The van der Waals surface area contributed by atoms with Gasteiger partial charge in [0.1, 0.15) is 0 Å². The second-order valence-electron chi connectivity index (χ2n) is 3.48. The number of allylic oxidation sites excluding steroid dienone is 4. The van der Waals surface area contributed by atoms with Crippen LogP contribution in [0.5, 0.6) is 0 Å². The summed E-state index contributed by atoms with van der Waals surface area (Å²) in [6.07, 6.45) is 8.43. The molecule has 84 valence electrons. The van der Waals surface area contributed by atoms with E-state index in [1.807, 2.05) is 12.2 Å². The fraction of sp³-hybridized carbons (Fsp3) is 0.417. The summed E-state index contributed by atoms with van der Waals surface area (Å²) in [5, 5.41) is 11.3. The normalized spacial score (nSPS) is 13.1. The van der Waals surface area contributed by atoms with Crippen molar-refractivity contribution in [1.29, 1.82) is 0 Å². The molecule has 3 nitrogen and oxygen atoms in total. The summed E-state index contributed by atoms with van der Waals surface area (Å²) in [6.45, 7) is 9.08. The maximum absolute atomic E-state index is 8.37. The SMILES string of the molecule is C=C/C=C(\C=C/COCC(C)C)/C=N/O. The van der Waals surface area contributed by atoms with Gasteiger partial charge in [-0.05, 0) is 11.5 Å². The number of hydrogen-bond acceptors (Lipinski definition) is 3. The molecule has 0 aromatic rings. The van der Waals surface area contributed by atoms with Crippen LogP contribution in [0.25, 0.3) is 0 Å². The van der Waals surface area contributed by atoms with Crippen molar-refractivity contribution in [2.75, 3.05) is 13.2 Å². The highest BCUT2D eigenvalue weighted by atomic mass is 16.5. The van der Waals surface area contributed by atoms with Crippen LogP contribution in [0.3, 0.4) is 0 Å². The van der Waals surface area contributed by atoms with Gasteiger partial charge in [-0.3, -0.25) is 0 Å². The molecule has 0 saturated carbocycles. The minimum atomic E-state index is 0.542. The lowest BCUT2D eigenvalue weighted by Crippen LogP contribution is -2.01. The number of oxime groups is 1. The highest BCUT2D eigenvalue weighted by molar-refractivity contribution is 5.82. The van der Waals surface area contributed by atoms with Gasteiger partial charge in [-0.1, -0.05) is 49.9 Å². The molecule has 0 aliphatic heterocycles. The second-order valence-corrected chi connectivity index (χ2v) is 3.48. The molecule has 0 aliphatic carbocycles. The van der Waals surface area contributed by atoms with E-state index >= 15 is 0 Å². The van der Waals surface area contributed by atoms with Crippen molar-refractivity contribution in [2.24, 2.45) is 11.1 Å². The Morgan fingerprint density at radius 2 is 2.27 bits per heavy atom. The lowest BCUT2D eigenvalue weighted by Gasteiger charge is -2.02. The van der Waals surface area contributed by atoms with E-state index in [2.05, 4.69) is 25.6 Å². The molecule has 0 aliphatic rings. The molecule has 0 aromatic heterocycles. The minimum Gasteiger partial charge on any atom is -0.411 e. The van der Waals surface area contributed by atoms with Crippen LogP contribution in [0.1, 0.15) is 13.8 Å². The Morgan fingerprint density at radius 1 is 1.53 bits per heavy atom. The zero-order valence-corrected chi connectivity index (χ0v) is 9.39. The Morgan fingerprint density at radius 3 is 2.80 bits per heavy atom. The third-order valence-corrected chi connectivity index (χ3v) is 1.49. The quantitative estimate of drug-likeness (QED) is 0.230. The third-order valence-electron chi connectivity index (χ3n) is 1.49. The molecule has 0 saturated heterocycles. The van der Waals surface area contributed by atoms with Gasteiger partial charge >= 0.3 is 0 Å². The van der Waals surface area contributed by atoms with Gasteiger partial charge in [0.15, 0.2) is 0 Å². The number of ether oxygens (including phenoxy) is 1. The number of rotatable bonds is 7. The first kappa shape index (κ1) is 13.7. The largest absolute Gasteiger partial charge is 0.411 e. The van der Waals surface area contributed by atoms with E-state index in [1.165, 1.54) is 6.21 Å². The molecule has 0 fully saturated rings. The van der Waals surface area contributed by atoms with E-state index in [4.69, 9.17) is 9.94 Å². The van der Waals surface area contributed by atoms with Crippen molar-refractivity contribution in [3.63, 3.8) is 0 Å². The summed E-state index contributed by atoms with van der Waals surface area (Å²) in [7, 11) is 0. The van der Waals surface area contributed by atoms with Gasteiger partial charge in [-0.2, -0.15) is 0 Å². The first-order chi connectivity index (χ1) is 7.20. The van der Waals surface area contributed by atoms with Crippen LogP contribution in [-0.2, 0) is 4.74 Å². The molecule has 0 amide bonds. The Bertz CT molecular complexity index is 252. The van der Waals surface area contributed by atoms with Gasteiger partial charge in [0.2, 0.25) is 0 Å². The lowest BCUT2D eigenvalue weighted by molar-refractivity contribution is 0.135. The first-order valence-electron chi connectivity index (χ1n) is 4.95. The standard InChI is InChI=1S/C12H19NO2/c1-4-6-12(9-13-14)7-5-8-15-10-11(2)3/h4-7,9,11,14H,1,8,10H2,2-3H3/b7-5-,12-6+,13-9+. The average molecular weight is 209 g/mol. The van der Waals surface area contributed by atoms with Crippen molar-refractivity contribution >= 4 is 6.21 Å². The Hall–Kier alpha value is -1.35. The van der Waals surface area contributed by atoms with Crippen LogP contribution in [-0.4, -0.2) is 24.6 Å². The molecule has 0 atom stereocenters. The predicted molar refractivity (Wildman–Crippen MR) is 63.4 cm³/mol. The molecule has 0 radical (unpaired) electrons. The molecule has 3 heteroatoms. The van der Waals surface area contributed by atoms with E-state index in [0.29, 0.717) is 12.5 Å². The van der Waals surface area contributed by atoms with E-state index in [0.717, 1.165) is 12.2 Å². The van der Waals surface area contributed by atoms with Crippen molar-refractivity contribution in [2.45, 2.75) is 13.8 Å². The van der Waals surface area contributed by atoms with Gasteiger partial charge in [-0.25, -0.2) is 0 Å². The molecule has 0 spiro atoms. The van der Waals surface area contributed by atoms with Gasteiger partial charge in [0.05, 0.1) is 12.8 Å². The van der Waals surface area contributed by atoms with E-state index < -0.39 is 0 Å². The molecule has 0 bridgehead atoms. The minimum absolute atomic E-state index is 0.542. The summed E-state index contributed by atoms with van der Waals surface area (Å²) in [6, 6.07) is 0. The van der Waals surface area contributed by atoms with Crippen LogP contribution in [0.4, 0.5) is 0 Å². The Balaban J connectivity index is 3.91. The maximum atomic E-state index is 8.37. The number of nitrogens with zero attached hydrogens (tertiary/aromatic N) is 1. The number of hydrogen-bond donors (Lipinski definition) is 1. The summed E-state index contributed by atoms with van der Waals surface area (Å²) in [5.41, 5.74) is 0.778. The molecule has 0 rings (SSSR count). The molecule has 1 N–H and O–H groups in total. The molecule has 0 heterocycles. The highest BCUT2D eigenvalue weighted by Crippen LogP contribution is 1.96. The van der Waals surface area contributed by atoms with Crippen molar-refractivity contribution in [1.82, 2.24) is 0 Å². The lowest BCUT2D eigenvalue weighted by atomic mass is 10.2. The fourth-order valence-corrected chi connectivity index (χ4v) is 0.900. The fourth-order valence-electron chi connectivity index (χ4n) is 0.900. The van der Waals surface area contributed by atoms with Crippen molar-refractivity contribution in [3.8, 4) is 0 Å². The van der Waals surface area contributed by atoms with Crippen LogP contribution in [0.15, 0.2) is 41.6 Å². The maximum Gasteiger partial charge on any atom is 0.0733 e. The molecular formula is C12H19NO2. The third kappa shape index (κ3) is 8.97. The first-order valence-corrected chi connectivity index (χ1v) is 4.95. The highest BCUT2D eigenvalue weighted by Gasteiger charge is 1.91. The Kier molecular flexibility index (Phi) is 8.39. The van der Waals surface area contributed by atoms with Gasteiger partial charge < -0.3 is 9.94 Å². The molecule has 15 heavy (non-hydrogen) atoms. The summed E-state index contributed by atoms with van der Waals surface area (Å²) in [4.78, 5) is 0. The van der Waals surface area contributed by atoms with Crippen LogP contribution in [0, 0.1) is 5.92 Å². The summed E-state index contributed by atoms with van der Waals surface area (Å²) >= 11 is 0. The predicted octanol–water partition coefficient (Wildman–Crippen LogP) is 2.79. The topological polar surface area (TPSA) is 41.8 Å².